The number of nitrogens with zero attached hydrogens (tertiary/aromatic N) is 3. The van der Waals surface area contributed by atoms with Gasteiger partial charge in [0.15, 0.2) is 0 Å². The largest absolute Gasteiger partial charge is 0.366 e. The first kappa shape index (κ1) is 32.9. The lowest BCUT2D eigenvalue weighted by Gasteiger charge is -2.27. The van der Waals surface area contributed by atoms with Crippen LogP contribution in [-0.2, 0) is 16.0 Å². The van der Waals surface area contributed by atoms with Crippen LogP contribution in [0.3, 0.4) is 0 Å². The lowest BCUT2D eigenvalue weighted by molar-refractivity contribution is -0.128. The fourth-order valence-corrected chi connectivity index (χ4v) is 5.93. The number of benzodiazepines with no additional fused rings is 1. The second kappa shape index (κ2) is 14.7. The summed E-state index contributed by atoms with van der Waals surface area (Å²) in [5.74, 6) is -1.81. The Hall–Kier alpha value is -4.50. The van der Waals surface area contributed by atoms with Gasteiger partial charge in [-0.25, -0.2) is 0 Å². The third-order valence-corrected chi connectivity index (χ3v) is 8.50. The molecule has 0 radical (unpaired) electrons. The van der Waals surface area contributed by atoms with Gasteiger partial charge < -0.3 is 20.9 Å². The monoisotopic (exact) mass is 655 g/mol. The summed E-state index contributed by atoms with van der Waals surface area (Å²) in [5, 5.41) is 3.91. The third-order valence-electron chi connectivity index (χ3n) is 7.91. The maximum absolute atomic E-state index is 14.2. The van der Waals surface area contributed by atoms with Gasteiger partial charge in [-0.1, -0.05) is 83.9 Å². The number of carbonyl (C=O) groups is 3. The van der Waals surface area contributed by atoms with Gasteiger partial charge in [0.05, 0.1) is 11.6 Å². The molecule has 0 bridgehead atoms. The zero-order chi connectivity index (χ0) is 32.8. The Morgan fingerprint density at radius 3 is 2.35 bits per heavy atom. The minimum atomic E-state index is -1.13. The fraction of sp³-hybridized carbons (Fsp3) is 0.222. The number of rotatable bonds is 11. The normalized spacial score (nSPS) is 14.9. The van der Waals surface area contributed by atoms with Crippen LogP contribution in [0.2, 0.25) is 10.0 Å². The number of benzene rings is 4. The lowest BCUT2D eigenvalue weighted by atomic mass is 9.91. The maximum Gasteiger partial charge on any atom is 0.272 e. The van der Waals surface area contributed by atoms with Gasteiger partial charge >= 0.3 is 0 Å². The zero-order valence-electron chi connectivity index (χ0n) is 25.6. The summed E-state index contributed by atoms with van der Waals surface area (Å²) in [7, 11) is 3.96. The van der Waals surface area contributed by atoms with Gasteiger partial charge in [-0.05, 0) is 86.1 Å². The van der Waals surface area contributed by atoms with Crippen LogP contribution >= 0.6 is 23.2 Å². The van der Waals surface area contributed by atoms with Gasteiger partial charge in [0.2, 0.25) is 18.0 Å². The Bertz CT molecular complexity index is 1760. The molecule has 2 atom stereocenters. The van der Waals surface area contributed by atoms with Crippen molar-refractivity contribution in [3.63, 3.8) is 0 Å². The highest BCUT2D eigenvalue weighted by Crippen LogP contribution is 2.31. The van der Waals surface area contributed by atoms with Gasteiger partial charge in [-0.3, -0.25) is 19.4 Å². The summed E-state index contributed by atoms with van der Waals surface area (Å²) in [4.78, 5) is 48.1. The SMILES string of the molecule is CN(C)CCCN1C(=O)C(NC(=O)C(Cc2ccc(Cl)cc2Cl)c2ccccc2)N=Cc2ccc(-c3ccc(C(N)=O)cc3)cc21. The van der Waals surface area contributed by atoms with Crippen molar-refractivity contribution >= 4 is 52.8 Å². The number of carbonyl (C=O) groups excluding carboxylic acids is 3. The van der Waals surface area contributed by atoms with Crippen LogP contribution in [0.4, 0.5) is 5.69 Å². The van der Waals surface area contributed by atoms with E-state index in [-0.39, 0.29) is 11.8 Å². The van der Waals surface area contributed by atoms with Gasteiger partial charge in [-0.15, -0.1) is 0 Å². The number of fused-ring (bicyclic) bond motifs is 1. The molecule has 0 saturated heterocycles. The van der Waals surface area contributed by atoms with E-state index in [9.17, 15) is 14.4 Å². The predicted octanol–water partition coefficient (Wildman–Crippen LogP) is 5.95. The van der Waals surface area contributed by atoms with E-state index in [2.05, 4.69) is 15.2 Å². The van der Waals surface area contributed by atoms with E-state index in [0.29, 0.717) is 40.7 Å². The molecule has 1 heterocycles. The Morgan fingerprint density at radius 1 is 0.957 bits per heavy atom. The topological polar surface area (TPSA) is 108 Å². The second-order valence-corrected chi connectivity index (χ2v) is 12.3. The van der Waals surface area contributed by atoms with Crippen LogP contribution in [-0.4, -0.2) is 62.2 Å². The molecule has 0 saturated carbocycles. The highest BCUT2D eigenvalue weighted by molar-refractivity contribution is 6.35. The summed E-state index contributed by atoms with van der Waals surface area (Å²) in [5.41, 5.74) is 10.5. The second-order valence-electron chi connectivity index (χ2n) is 11.5. The Labute approximate surface area is 278 Å². The summed E-state index contributed by atoms with van der Waals surface area (Å²) in [6.45, 7) is 1.19. The zero-order valence-corrected chi connectivity index (χ0v) is 27.1. The molecule has 4 aromatic carbocycles. The van der Waals surface area contributed by atoms with Crippen molar-refractivity contribution in [3.8, 4) is 11.1 Å². The molecule has 2 unspecified atom stereocenters. The summed E-state index contributed by atoms with van der Waals surface area (Å²) < 4.78 is 0. The van der Waals surface area contributed by atoms with Crippen molar-refractivity contribution in [2.45, 2.75) is 24.9 Å². The molecule has 0 fully saturated rings. The molecule has 4 aromatic rings. The smallest absolute Gasteiger partial charge is 0.272 e. The summed E-state index contributed by atoms with van der Waals surface area (Å²) in [6.07, 6.45) is 1.51. The minimum absolute atomic E-state index is 0.307. The standard InChI is InChI=1S/C36H35Cl2N5O3/c1-42(2)17-6-18-43-32-20-26(23-9-11-25(12-10-23)33(39)44)13-14-28(32)22-40-34(36(43)46)41-35(45)30(24-7-4-3-5-8-24)19-27-15-16-29(37)21-31(27)38/h3-5,7-16,20-22,30,34H,6,17-19H2,1-2H3,(H2,39,44)(H,41,45). The molecule has 1 aliphatic heterocycles. The van der Waals surface area contributed by atoms with E-state index >= 15 is 0 Å². The van der Waals surface area contributed by atoms with Crippen LogP contribution in [0.1, 0.15) is 39.4 Å². The first-order chi connectivity index (χ1) is 22.1. The van der Waals surface area contributed by atoms with Gasteiger partial charge in [0, 0.05) is 33.9 Å². The van der Waals surface area contributed by atoms with E-state index in [0.717, 1.165) is 34.4 Å². The molecule has 0 spiro atoms. The molecular weight excluding hydrogens is 621 g/mol. The number of hydrogen-bond donors (Lipinski definition) is 2. The van der Waals surface area contributed by atoms with Crippen molar-refractivity contribution < 1.29 is 14.4 Å². The number of aliphatic imine (C=N–C) groups is 1. The molecule has 1 aliphatic rings. The fourth-order valence-electron chi connectivity index (χ4n) is 5.44. The van der Waals surface area contributed by atoms with Gasteiger partial charge in [0.1, 0.15) is 0 Å². The number of nitrogens with one attached hydrogen (secondary N) is 1. The van der Waals surface area contributed by atoms with E-state index in [4.69, 9.17) is 28.9 Å². The van der Waals surface area contributed by atoms with Crippen molar-refractivity contribution in [2.24, 2.45) is 10.7 Å². The molecule has 5 rings (SSSR count). The van der Waals surface area contributed by atoms with Gasteiger partial charge in [-0.2, -0.15) is 0 Å². The van der Waals surface area contributed by atoms with Crippen molar-refractivity contribution in [2.75, 3.05) is 32.1 Å². The predicted molar refractivity (Wildman–Crippen MR) is 185 cm³/mol. The van der Waals surface area contributed by atoms with Crippen LogP contribution in [0.5, 0.6) is 0 Å². The molecule has 0 aliphatic carbocycles. The average Bonchev–Trinajstić information content (AvgIpc) is 3.16. The molecular formula is C36H35Cl2N5O3. The summed E-state index contributed by atoms with van der Waals surface area (Å²) in [6, 6.07) is 27.4. The average molecular weight is 657 g/mol. The number of hydrogen-bond acceptors (Lipinski definition) is 5. The highest BCUT2D eigenvalue weighted by atomic mass is 35.5. The van der Waals surface area contributed by atoms with Crippen molar-refractivity contribution in [3.05, 3.63) is 123 Å². The molecule has 3 amide bonds. The molecule has 236 valence electrons. The quantitative estimate of drug-likeness (QED) is 0.208. The highest BCUT2D eigenvalue weighted by Gasteiger charge is 2.32. The van der Waals surface area contributed by atoms with Crippen LogP contribution in [0.15, 0.2) is 96.0 Å². The van der Waals surface area contributed by atoms with E-state index in [1.165, 1.54) is 0 Å². The molecule has 8 nitrogen and oxygen atoms in total. The Morgan fingerprint density at radius 2 is 1.67 bits per heavy atom. The number of anilines is 1. The number of nitrogens with two attached hydrogens (primary N) is 1. The number of amides is 3. The summed E-state index contributed by atoms with van der Waals surface area (Å²) >= 11 is 12.6. The van der Waals surface area contributed by atoms with Crippen LogP contribution in [0, 0.1) is 0 Å². The van der Waals surface area contributed by atoms with E-state index in [1.807, 2.05) is 80.8 Å². The third kappa shape index (κ3) is 7.83. The van der Waals surface area contributed by atoms with Gasteiger partial charge in [0.25, 0.3) is 5.91 Å². The Balaban J connectivity index is 1.45. The number of halogens is 2. The van der Waals surface area contributed by atoms with Crippen LogP contribution < -0.4 is 16.0 Å². The van der Waals surface area contributed by atoms with E-state index < -0.39 is 18.0 Å². The molecule has 3 N–H and O–H groups in total. The first-order valence-corrected chi connectivity index (χ1v) is 15.7. The first-order valence-electron chi connectivity index (χ1n) is 14.9. The molecule has 0 aromatic heterocycles. The number of primary amides is 1. The Kier molecular flexibility index (Phi) is 10.5. The van der Waals surface area contributed by atoms with E-state index in [1.54, 1.807) is 35.4 Å². The maximum atomic E-state index is 14.2. The van der Waals surface area contributed by atoms with Crippen molar-refractivity contribution in [1.82, 2.24) is 10.2 Å². The minimum Gasteiger partial charge on any atom is -0.366 e. The lowest BCUT2D eigenvalue weighted by Crippen LogP contribution is -2.49. The van der Waals surface area contributed by atoms with Crippen LogP contribution in [0.25, 0.3) is 11.1 Å². The van der Waals surface area contributed by atoms with Crippen molar-refractivity contribution in [1.29, 1.82) is 0 Å². The molecule has 10 heteroatoms. The molecule has 46 heavy (non-hydrogen) atoms.